The first-order valence-electron chi connectivity index (χ1n) is 25.6. The molecule has 19 heteroatoms. The van der Waals surface area contributed by atoms with Gasteiger partial charge in [-0.1, -0.05) is 92.7 Å². The number of piperidine rings is 1. The molecule has 2 saturated heterocycles. The summed E-state index contributed by atoms with van der Waals surface area (Å²) >= 11 is 0. The van der Waals surface area contributed by atoms with Crippen molar-refractivity contribution < 1.29 is 82.0 Å². The van der Waals surface area contributed by atoms with Gasteiger partial charge in [0.2, 0.25) is 6.10 Å². The summed E-state index contributed by atoms with van der Waals surface area (Å²) in [5.74, 6) is -7.23. The van der Waals surface area contributed by atoms with E-state index in [1.54, 1.807) is 69.3 Å². The van der Waals surface area contributed by atoms with E-state index < -0.39 is 130 Å². The van der Waals surface area contributed by atoms with Gasteiger partial charge in [0.1, 0.15) is 48.3 Å². The Labute approximate surface area is 441 Å². The molecule has 408 valence electrons. The number of alkyl carbamates (subject to hydrolysis) is 1. The van der Waals surface area contributed by atoms with Crippen molar-refractivity contribution in [2.75, 3.05) is 19.7 Å². The average Bonchev–Trinajstić information content (AvgIpc) is 3.37. The molecule has 76 heavy (non-hydrogen) atoms. The molecule has 4 N–H and O–H groups in total. The summed E-state index contributed by atoms with van der Waals surface area (Å²) in [6.45, 7) is 12.0. The van der Waals surface area contributed by atoms with Crippen molar-refractivity contribution >= 4 is 41.8 Å². The predicted octanol–water partition coefficient (Wildman–Crippen LogP) is 5.86. The van der Waals surface area contributed by atoms with Crippen LogP contribution in [0, 0.1) is 22.7 Å². The molecule has 2 aliphatic heterocycles. The van der Waals surface area contributed by atoms with E-state index in [0.717, 1.165) is 12.5 Å². The van der Waals surface area contributed by atoms with Gasteiger partial charge in [-0.2, -0.15) is 0 Å². The van der Waals surface area contributed by atoms with Crippen LogP contribution in [0.15, 0.2) is 102 Å². The largest absolute Gasteiger partial charge is 0.455 e. The Hall–Kier alpha value is -6.67. The topological polar surface area (TPSA) is 260 Å². The van der Waals surface area contributed by atoms with E-state index >= 15 is 9.59 Å². The summed E-state index contributed by atoms with van der Waals surface area (Å²) in [5, 5.41) is 41.1. The Morgan fingerprint density at radius 1 is 0.868 bits per heavy atom. The van der Waals surface area contributed by atoms with Crippen molar-refractivity contribution in [2.45, 2.75) is 147 Å². The molecule has 0 radical (unpaired) electrons. The van der Waals surface area contributed by atoms with Crippen LogP contribution in [0.1, 0.15) is 109 Å². The highest BCUT2D eigenvalue weighted by atomic mass is 16.6. The number of carbonyl (C=O) groups excluding carboxylic acids is 7. The third-order valence-electron chi connectivity index (χ3n) is 16.1. The summed E-state index contributed by atoms with van der Waals surface area (Å²) in [7, 11) is 0. The summed E-state index contributed by atoms with van der Waals surface area (Å²) in [6.07, 6.45) is -12.3. The molecule has 2 saturated carbocycles. The number of rotatable bonds is 12. The van der Waals surface area contributed by atoms with Gasteiger partial charge in [0.05, 0.1) is 35.5 Å². The number of aliphatic hydroxyl groups is 3. The number of hydrogen-bond acceptors (Lipinski definition) is 17. The number of aliphatic hydroxyl groups excluding tert-OH is 2. The van der Waals surface area contributed by atoms with E-state index in [0.29, 0.717) is 5.56 Å². The van der Waals surface area contributed by atoms with Crippen LogP contribution in [0.25, 0.3) is 0 Å². The lowest BCUT2D eigenvalue weighted by molar-refractivity contribution is -0.346. The lowest BCUT2D eigenvalue weighted by Gasteiger charge is -2.67. The Bertz CT molecular complexity index is 2720. The second-order valence-corrected chi connectivity index (χ2v) is 22.3. The number of carbonyl (C=O) groups is 7. The minimum Gasteiger partial charge on any atom is -0.455 e. The lowest BCUT2D eigenvalue weighted by atomic mass is 9.44. The van der Waals surface area contributed by atoms with Gasteiger partial charge in [0.15, 0.2) is 11.4 Å². The molecular weight excluding hydrogens is 985 g/mol. The number of nitrogens with one attached hydrogen (secondary N) is 1. The summed E-state index contributed by atoms with van der Waals surface area (Å²) < 4.78 is 42.1. The zero-order valence-corrected chi connectivity index (χ0v) is 44.0. The molecule has 8 rings (SSSR count). The standard InChI is InChI=1S/C57H68N2O17/c1-32-38(29-57(69)47(74-49(65)36-22-16-11-17-23-36)45-55(8,46(63)43(62)41(32)54(57,6)7)39(61)28-40-56(45,31-71-40)75-33(2)60)72-50(66)44(42(35-20-14-10-15-21-35)58-51(67)76-53(3,4)5)73-48(64)37-24-26-59(27-25-37)52(68)70-30-34-18-12-9-13-19-34/h9-23,37-40,42-45,47,61-62,69H,24-31H2,1-8H3,(H,58,67)/t38-,39-,40+,42-,43+,44+,45-,47-,55+,56-,57+/m0/s1. The summed E-state index contributed by atoms with van der Waals surface area (Å²) in [4.78, 5) is 101. The van der Waals surface area contributed by atoms with Crippen LogP contribution < -0.4 is 5.32 Å². The van der Waals surface area contributed by atoms with Gasteiger partial charge in [-0.15, -0.1) is 0 Å². The van der Waals surface area contributed by atoms with Crippen molar-refractivity contribution in [2.24, 2.45) is 22.7 Å². The summed E-state index contributed by atoms with van der Waals surface area (Å²) in [5.41, 5.74) is -7.93. The quantitative estimate of drug-likeness (QED) is 0.0941. The molecule has 11 atom stereocenters. The normalized spacial score (nSPS) is 29.8. The molecule has 0 aromatic heterocycles. The van der Waals surface area contributed by atoms with Crippen molar-refractivity contribution in [1.82, 2.24) is 10.2 Å². The number of fused-ring (bicyclic) bond motifs is 5. The minimum absolute atomic E-state index is 0.0470. The second kappa shape index (κ2) is 21.4. The molecule has 3 aromatic carbocycles. The van der Waals surface area contributed by atoms with E-state index in [1.807, 2.05) is 30.3 Å². The smallest absolute Gasteiger partial charge is 0.410 e. The number of ether oxygens (including phenoxy) is 7. The number of nitrogens with zero attached hydrogens (tertiary/aromatic N) is 1. The first-order valence-corrected chi connectivity index (χ1v) is 25.6. The Balaban J connectivity index is 1.18. The van der Waals surface area contributed by atoms with Crippen molar-refractivity contribution in [3.63, 3.8) is 0 Å². The van der Waals surface area contributed by atoms with Gasteiger partial charge >= 0.3 is 36.1 Å². The molecule has 2 heterocycles. The SMILES string of the molecule is CC(=O)O[C@@]12CO[C@@H]1C[C@H](O)[C@@]1(C)C(=O)[C@H](O)C3=C(C)[C@@H](OC(=O)[C@H](OC(=O)C4CCN(C(=O)OCc5ccccc5)CC4)[C@@H](NC(=O)OC(C)(C)C)c4ccccc4)C[C@@](O)([C@@H](OC(=O)c4ccccc4)[C@H]21)C3(C)C. The minimum atomic E-state index is -2.45. The van der Waals surface area contributed by atoms with Gasteiger partial charge < -0.3 is 58.7 Å². The number of esters is 4. The molecule has 0 spiro atoms. The molecule has 2 amide bonds. The number of likely N-dealkylation sites (tertiary alicyclic amines) is 1. The second-order valence-electron chi connectivity index (χ2n) is 22.3. The predicted molar refractivity (Wildman–Crippen MR) is 268 cm³/mol. The van der Waals surface area contributed by atoms with Crippen molar-refractivity contribution in [3.8, 4) is 0 Å². The van der Waals surface area contributed by atoms with Gasteiger partial charge in [0.25, 0.3) is 0 Å². The Morgan fingerprint density at radius 2 is 1.47 bits per heavy atom. The average molecular weight is 1050 g/mol. The van der Waals surface area contributed by atoms with Crippen LogP contribution in [0.5, 0.6) is 0 Å². The van der Waals surface area contributed by atoms with Crippen molar-refractivity contribution in [3.05, 3.63) is 119 Å². The number of ketones is 1. The molecule has 3 aliphatic carbocycles. The van der Waals surface area contributed by atoms with Crippen LogP contribution in [-0.2, 0) is 58.9 Å². The molecular formula is C57H68N2O17. The molecule has 4 fully saturated rings. The van der Waals surface area contributed by atoms with Crippen LogP contribution >= 0.6 is 0 Å². The highest BCUT2D eigenvalue weighted by Gasteiger charge is 2.78. The van der Waals surface area contributed by atoms with Crippen LogP contribution in [0.2, 0.25) is 0 Å². The number of benzene rings is 3. The first-order chi connectivity index (χ1) is 35.8. The third kappa shape index (κ3) is 10.5. The number of Topliss-reactive ketones (excluding diaryl/α,β-unsaturated/α-hetero) is 1. The van der Waals surface area contributed by atoms with Crippen LogP contribution in [0.4, 0.5) is 9.59 Å². The fraction of sp³-hybridized carbons (Fsp3) is 0.526. The van der Waals surface area contributed by atoms with E-state index in [1.165, 1.54) is 44.7 Å². The van der Waals surface area contributed by atoms with E-state index in [2.05, 4.69) is 5.32 Å². The molecule has 3 aromatic rings. The highest BCUT2D eigenvalue weighted by Crippen LogP contribution is 2.64. The maximum atomic E-state index is 15.3. The van der Waals surface area contributed by atoms with E-state index in [4.69, 9.17) is 33.2 Å². The third-order valence-corrected chi connectivity index (χ3v) is 16.1. The summed E-state index contributed by atoms with van der Waals surface area (Å²) in [6, 6.07) is 23.6. The zero-order valence-electron chi connectivity index (χ0n) is 44.0. The first kappa shape index (κ1) is 55.6. The van der Waals surface area contributed by atoms with Crippen LogP contribution in [-0.4, -0.2) is 135 Å². The van der Waals surface area contributed by atoms with Gasteiger partial charge in [-0.05, 0) is 81.9 Å². The maximum absolute atomic E-state index is 15.3. The Morgan fingerprint density at radius 3 is 2.05 bits per heavy atom. The number of hydrogen-bond donors (Lipinski definition) is 4. The van der Waals surface area contributed by atoms with Gasteiger partial charge in [-0.25, -0.2) is 19.2 Å². The molecule has 2 bridgehead atoms. The molecule has 5 aliphatic rings. The Kier molecular flexibility index (Phi) is 15.6. The van der Waals surface area contributed by atoms with E-state index in [9.17, 15) is 39.3 Å². The monoisotopic (exact) mass is 1050 g/mol. The molecule has 19 nitrogen and oxygen atoms in total. The maximum Gasteiger partial charge on any atom is 0.410 e. The van der Waals surface area contributed by atoms with Gasteiger partial charge in [0, 0.05) is 38.3 Å². The van der Waals surface area contributed by atoms with Crippen LogP contribution in [0.3, 0.4) is 0 Å². The lowest BCUT2D eigenvalue weighted by Crippen LogP contribution is -2.81. The van der Waals surface area contributed by atoms with Crippen molar-refractivity contribution in [1.29, 1.82) is 0 Å². The fourth-order valence-electron chi connectivity index (χ4n) is 12.0. The zero-order chi connectivity index (χ0) is 55.1. The molecule has 0 unspecified atom stereocenters. The highest BCUT2D eigenvalue weighted by molar-refractivity contribution is 5.94. The fourth-order valence-corrected chi connectivity index (χ4v) is 12.0. The van der Waals surface area contributed by atoms with E-state index in [-0.39, 0.29) is 62.3 Å². The van der Waals surface area contributed by atoms with Gasteiger partial charge in [-0.3, -0.25) is 14.4 Å². The number of amides is 2.